The molecule has 15 heavy (non-hydrogen) atoms. The third-order valence-electron chi connectivity index (χ3n) is 2.12. The number of ether oxygens (including phenoxy) is 1. The topological polar surface area (TPSA) is 9.23 Å². The van der Waals surface area contributed by atoms with Gasteiger partial charge in [-0.2, -0.15) is 0 Å². The second-order valence-corrected chi connectivity index (χ2v) is 4.62. The largest absolute Gasteiger partial charge is 0.493 e. The van der Waals surface area contributed by atoms with Gasteiger partial charge < -0.3 is 4.74 Å². The van der Waals surface area contributed by atoms with Gasteiger partial charge in [0.2, 0.25) is 0 Å². The lowest BCUT2D eigenvalue weighted by Crippen LogP contribution is -2.02. The first-order valence-corrected chi connectivity index (χ1v) is 6.02. The Labute approximate surface area is 101 Å². The Morgan fingerprint density at radius 3 is 2.67 bits per heavy atom. The van der Waals surface area contributed by atoms with Gasteiger partial charge in [-0.15, -0.1) is 11.6 Å². The van der Waals surface area contributed by atoms with Gasteiger partial charge in [0.25, 0.3) is 0 Å². The van der Waals surface area contributed by atoms with Crippen LogP contribution in [0.15, 0.2) is 18.2 Å². The van der Waals surface area contributed by atoms with Crippen LogP contribution in [0.25, 0.3) is 0 Å². The first-order chi connectivity index (χ1) is 7.13. The molecule has 0 aromatic heterocycles. The van der Waals surface area contributed by atoms with Crippen LogP contribution in [0.2, 0.25) is 5.02 Å². The Bertz CT molecular complexity index is 310. The molecule has 1 aromatic carbocycles. The van der Waals surface area contributed by atoms with E-state index in [0.717, 1.165) is 24.3 Å². The molecule has 1 aromatic rings. The molecular weight excluding hydrogens is 231 g/mol. The van der Waals surface area contributed by atoms with Gasteiger partial charge in [-0.05, 0) is 30.5 Å². The van der Waals surface area contributed by atoms with Crippen molar-refractivity contribution in [3.63, 3.8) is 0 Å². The third kappa shape index (κ3) is 4.31. The molecule has 0 aliphatic heterocycles. The monoisotopic (exact) mass is 246 g/mol. The number of benzene rings is 1. The van der Waals surface area contributed by atoms with Gasteiger partial charge in [0.1, 0.15) is 5.75 Å². The number of alkyl halides is 1. The zero-order valence-corrected chi connectivity index (χ0v) is 10.6. The van der Waals surface area contributed by atoms with Gasteiger partial charge in [-0.25, -0.2) is 0 Å². The highest BCUT2D eigenvalue weighted by Gasteiger charge is 2.04. The van der Waals surface area contributed by atoms with Crippen LogP contribution in [-0.2, 0) is 5.88 Å². The van der Waals surface area contributed by atoms with Gasteiger partial charge >= 0.3 is 0 Å². The molecule has 0 N–H and O–H groups in total. The molecule has 0 aliphatic rings. The summed E-state index contributed by atoms with van der Waals surface area (Å²) in [6.45, 7) is 5.07. The van der Waals surface area contributed by atoms with Crippen molar-refractivity contribution in [1.29, 1.82) is 0 Å². The van der Waals surface area contributed by atoms with E-state index in [1.807, 2.05) is 18.2 Å². The quantitative estimate of drug-likeness (QED) is 0.696. The molecular formula is C12H16Cl2O. The molecule has 0 amide bonds. The van der Waals surface area contributed by atoms with Crippen molar-refractivity contribution in [3.8, 4) is 5.75 Å². The molecule has 0 unspecified atom stereocenters. The lowest BCUT2D eigenvalue weighted by atomic mass is 10.1. The van der Waals surface area contributed by atoms with Crippen LogP contribution in [-0.4, -0.2) is 6.61 Å². The Balaban J connectivity index is 2.60. The van der Waals surface area contributed by atoms with E-state index in [0.29, 0.717) is 16.8 Å². The minimum absolute atomic E-state index is 0.428. The van der Waals surface area contributed by atoms with Gasteiger partial charge in [0.05, 0.1) is 12.5 Å². The van der Waals surface area contributed by atoms with E-state index in [1.165, 1.54) is 0 Å². The van der Waals surface area contributed by atoms with Crippen LogP contribution in [0.4, 0.5) is 0 Å². The summed E-state index contributed by atoms with van der Waals surface area (Å²) in [6, 6.07) is 5.54. The van der Waals surface area contributed by atoms with Crippen LogP contribution in [0.1, 0.15) is 25.8 Å². The summed E-state index contributed by atoms with van der Waals surface area (Å²) in [6.07, 6.45) is 1.05. The van der Waals surface area contributed by atoms with Crippen molar-refractivity contribution >= 4 is 23.2 Å². The van der Waals surface area contributed by atoms with Gasteiger partial charge in [-0.1, -0.05) is 25.4 Å². The van der Waals surface area contributed by atoms with Crippen molar-refractivity contribution in [2.75, 3.05) is 6.61 Å². The maximum absolute atomic E-state index is 5.87. The zero-order valence-electron chi connectivity index (χ0n) is 9.09. The molecule has 1 rings (SSSR count). The molecule has 84 valence electrons. The number of halogens is 2. The minimum atomic E-state index is 0.428. The van der Waals surface area contributed by atoms with Crippen molar-refractivity contribution in [2.24, 2.45) is 5.92 Å². The highest BCUT2D eigenvalue weighted by molar-refractivity contribution is 6.30. The highest BCUT2D eigenvalue weighted by atomic mass is 35.5. The van der Waals surface area contributed by atoms with Crippen molar-refractivity contribution in [3.05, 3.63) is 28.8 Å². The fourth-order valence-corrected chi connectivity index (χ4v) is 1.60. The molecule has 0 saturated carbocycles. The van der Waals surface area contributed by atoms with Crippen molar-refractivity contribution < 1.29 is 4.74 Å². The smallest absolute Gasteiger partial charge is 0.123 e. The number of hydrogen-bond acceptors (Lipinski definition) is 1. The second kappa shape index (κ2) is 6.24. The van der Waals surface area contributed by atoms with Crippen molar-refractivity contribution in [1.82, 2.24) is 0 Å². The Morgan fingerprint density at radius 1 is 1.33 bits per heavy atom. The summed E-state index contributed by atoms with van der Waals surface area (Å²) in [7, 11) is 0. The zero-order chi connectivity index (χ0) is 11.3. The van der Waals surface area contributed by atoms with Gasteiger partial charge in [-0.3, -0.25) is 0 Å². The SMILES string of the molecule is CC(C)CCOc1ccc(Cl)cc1CCl. The van der Waals surface area contributed by atoms with Crippen LogP contribution in [0, 0.1) is 5.92 Å². The van der Waals surface area contributed by atoms with E-state index >= 15 is 0 Å². The lowest BCUT2D eigenvalue weighted by molar-refractivity contribution is 0.287. The Hall–Kier alpha value is -0.400. The van der Waals surface area contributed by atoms with Crippen LogP contribution < -0.4 is 4.74 Å². The van der Waals surface area contributed by atoms with Gasteiger partial charge in [0.15, 0.2) is 0 Å². The summed E-state index contributed by atoms with van der Waals surface area (Å²) in [4.78, 5) is 0. The van der Waals surface area contributed by atoms with E-state index in [-0.39, 0.29) is 0 Å². The number of hydrogen-bond donors (Lipinski definition) is 0. The van der Waals surface area contributed by atoms with E-state index in [4.69, 9.17) is 27.9 Å². The highest BCUT2D eigenvalue weighted by Crippen LogP contribution is 2.24. The Kier molecular flexibility index (Phi) is 5.27. The normalized spacial score (nSPS) is 10.7. The average molecular weight is 247 g/mol. The van der Waals surface area contributed by atoms with Gasteiger partial charge in [0, 0.05) is 10.6 Å². The molecule has 3 heteroatoms. The lowest BCUT2D eigenvalue weighted by Gasteiger charge is -2.11. The van der Waals surface area contributed by atoms with E-state index < -0.39 is 0 Å². The summed E-state index contributed by atoms with van der Waals surface area (Å²) < 4.78 is 5.65. The minimum Gasteiger partial charge on any atom is -0.493 e. The van der Waals surface area contributed by atoms with E-state index in [1.54, 1.807) is 0 Å². The summed E-state index contributed by atoms with van der Waals surface area (Å²) in [5.41, 5.74) is 0.952. The van der Waals surface area contributed by atoms with Crippen LogP contribution in [0.5, 0.6) is 5.75 Å². The summed E-state index contributed by atoms with van der Waals surface area (Å²) in [5.74, 6) is 1.92. The third-order valence-corrected chi connectivity index (χ3v) is 2.64. The fourth-order valence-electron chi connectivity index (χ4n) is 1.20. The standard InChI is InChI=1S/C12H16Cl2O/c1-9(2)5-6-15-12-4-3-11(14)7-10(12)8-13/h3-4,7,9H,5-6,8H2,1-2H3. The molecule has 0 aliphatic carbocycles. The van der Waals surface area contributed by atoms with Crippen LogP contribution in [0.3, 0.4) is 0 Å². The molecule has 1 nitrogen and oxygen atoms in total. The molecule has 0 radical (unpaired) electrons. The van der Waals surface area contributed by atoms with Crippen molar-refractivity contribution in [2.45, 2.75) is 26.1 Å². The van der Waals surface area contributed by atoms with E-state index in [2.05, 4.69) is 13.8 Å². The molecule has 0 atom stereocenters. The predicted octanol–water partition coefficient (Wildman–Crippen LogP) is 4.50. The summed E-state index contributed by atoms with van der Waals surface area (Å²) >= 11 is 11.7. The summed E-state index contributed by atoms with van der Waals surface area (Å²) in [5, 5.41) is 0.696. The van der Waals surface area contributed by atoms with E-state index in [9.17, 15) is 0 Å². The second-order valence-electron chi connectivity index (χ2n) is 3.92. The molecule has 0 heterocycles. The van der Waals surface area contributed by atoms with Crippen LogP contribution >= 0.6 is 23.2 Å². The first kappa shape index (κ1) is 12.7. The maximum Gasteiger partial charge on any atom is 0.123 e. The maximum atomic E-state index is 5.87. The fraction of sp³-hybridized carbons (Fsp3) is 0.500. The average Bonchev–Trinajstić information content (AvgIpc) is 2.19. The molecule has 0 bridgehead atoms. The first-order valence-electron chi connectivity index (χ1n) is 5.10. The molecule has 0 spiro atoms. The molecule has 0 fully saturated rings. The Morgan fingerprint density at radius 2 is 2.07 bits per heavy atom. The predicted molar refractivity (Wildman–Crippen MR) is 66.0 cm³/mol. The number of rotatable bonds is 5. The molecule has 0 saturated heterocycles.